The summed E-state index contributed by atoms with van der Waals surface area (Å²) in [4.78, 5) is 0. The molecule has 0 bridgehead atoms. The van der Waals surface area contributed by atoms with E-state index in [1.54, 1.807) is 0 Å². The van der Waals surface area contributed by atoms with E-state index in [1.807, 2.05) is 0 Å². The van der Waals surface area contributed by atoms with Crippen molar-refractivity contribution in [1.82, 2.24) is 0 Å². The first-order chi connectivity index (χ1) is 4.72. The molecule has 1 aliphatic heterocycles. The average molecular weight is 142 g/mol. The van der Waals surface area contributed by atoms with Crippen molar-refractivity contribution >= 4 is 0 Å². The Hall–Kier alpha value is -0.0400. The van der Waals surface area contributed by atoms with Gasteiger partial charge in [0, 0.05) is 13.2 Å². The molecule has 0 spiro atoms. The van der Waals surface area contributed by atoms with E-state index in [9.17, 15) is 0 Å². The highest BCUT2D eigenvalue weighted by Crippen LogP contribution is 2.27. The van der Waals surface area contributed by atoms with Gasteiger partial charge in [0.25, 0.3) is 0 Å². The maximum atomic E-state index is 5.36. The molecule has 1 rings (SSSR count). The lowest BCUT2D eigenvalue weighted by molar-refractivity contribution is 0.00874. The minimum atomic E-state index is 0.772. The molecule has 0 aromatic heterocycles. The molecule has 10 heavy (non-hydrogen) atoms. The van der Waals surface area contributed by atoms with Gasteiger partial charge in [-0.15, -0.1) is 0 Å². The van der Waals surface area contributed by atoms with E-state index in [0.29, 0.717) is 0 Å². The normalized spacial score (nSPS) is 34.8. The highest BCUT2D eigenvalue weighted by molar-refractivity contribution is 4.72. The fourth-order valence-corrected chi connectivity index (χ4v) is 1.89. The average Bonchev–Trinajstić information content (AvgIpc) is 1.88. The van der Waals surface area contributed by atoms with Crippen LogP contribution in [0.3, 0.4) is 0 Å². The van der Waals surface area contributed by atoms with Crippen LogP contribution in [0.25, 0.3) is 0 Å². The van der Waals surface area contributed by atoms with Gasteiger partial charge < -0.3 is 4.74 Å². The quantitative estimate of drug-likeness (QED) is 0.546. The molecule has 1 nitrogen and oxygen atoms in total. The van der Waals surface area contributed by atoms with Crippen molar-refractivity contribution in [2.75, 3.05) is 13.2 Å². The Balaban J connectivity index is 2.40. The van der Waals surface area contributed by atoms with Gasteiger partial charge in [-0.05, 0) is 24.2 Å². The third kappa shape index (κ3) is 1.72. The van der Waals surface area contributed by atoms with Crippen LogP contribution in [-0.4, -0.2) is 13.2 Å². The predicted octanol–water partition coefficient (Wildman–Crippen LogP) is 2.32. The van der Waals surface area contributed by atoms with Gasteiger partial charge in [-0.1, -0.05) is 20.8 Å². The third-order valence-corrected chi connectivity index (χ3v) is 2.56. The Morgan fingerprint density at radius 2 is 2.10 bits per heavy atom. The van der Waals surface area contributed by atoms with E-state index in [0.717, 1.165) is 31.0 Å². The van der Waals surface area contributed by atoms with Gasteiger partial charge in [-0.3, -0.25) is 0 Å². The largest absolute Gasteiger partial charge is 0.381 e. The van der Waals surface area contributed by atoms with E-state index in [2.05, 4.69) is 20.8 Å². The Labute approximate surface area is 63.8 Å². The van der Waals surface area contributed by atoms with Crippen molar-refractivity contribution in [2.24, 2.45) is 17.8 Å². The smallest absolute Gasteiger partial charge is 0.0494 e. The summed E-state index contributed by atoms with van der Waals surface area (Å²) in [5.74, 6) is 2.50. The van der Waals surface area contributed by atoms with Gasteiger partial charge in [-0.25, -0.2) is 0 Å². The molecule has 0 aromatic carbocycles. The van der Waals surface area contributed by atoms with Gasteiger partial charge in [0.1, 0.15) is 0 Å². The lowest BCUT2D eigenvalue weighted by Gasteiger charge is -2.31. The molecular formula is C9H18O. The van der Waals surface area contributed by atoms with E-state index < -0.39 is 0 Å². The molecule has 0 aromatic rings. The van der Waals surface area contributed by atoms with Crippen LogP contribution in [0, 0.1) is 17.8 Å². The zero-order chi connectivity index (χ0) is 7.56. The van der Waals surface area contributed by atoms with Crippen LogP contribution in [0.4, 0.5) is 0 Å². The van der Waals surface area contributed by atoms with Gasteiger partial charge in [0.15, 0.2) is 0 Å². The van der Waals surface area contributed by atoms with Crippen LogP contribution in [-0.2, 0) is 4.74 Å². The molecule has 1 aliphatic rings. The fraction of sp³-hybridized carbons (Fsp3) is 1.00. The lowest BCUT2D eigenvalue weighted by atomic mass is 9.81. The summed E-state index contributed by atoms with van der Waals surface area (Å²) in [6, 6.07) is 0. The van der Waals surface area contributed by atoms with Crippen molar-refractivity contribution in [3.05, 3.63) is 0 Å². The molecule has 1 heteroatoms. The second-order valence-electron chi connectivity index (χ2n) is 3.75. The molecule has 1 heterocycles. The van der Waals surface area contributed by atoms with E-state index >= 15 is 0 Å². The summed E-state index contributed by atoms with van der Waals surface area (Å²) in [6.45, 7) is 8.87. The molecule has 1 unspecified atom stereocenters. The van der Waals surface area contributed by atoms with Gasteiger partial charge in [0.2, 0.25) is 0 Å². The number of hydrogen-bond donors (Lipinski definition) is 0. The first kappa shape index (κ1) is 8.06. The topological polar surface area (TPSA) is 9.23 Å². The van der Waals surface area contributed by atoms with Gasteiger partial charge in [-0.2, -0.15) is 0 Å². The third-order valence-electron chi connectivity index (χ3n) is 2.56. The Morgan fingerprint density at radius 1 is 1.40 bits per heavy atom. The fourth-order valence-electron chi connectivity index (χ4n) is 1.89. The van der Waals surface area contributed by atoms with Crippen LogP contribution in [0.5, 0.6) is 0 Å². The second-order valence-corrected chi connectivity index (χ2v) is 3.75. The molecule has 0 amide bonds. The SMILES string of the molecule is CC(C)[C@@H]1CCOCC1C. The zero-order valence-electron chi connectivity index (χ0n) is 7.26. The first-order valence-electron chi connectivity index (χ1n) is 4.29. The van der Waals surface area contributed by atoms with Crippen molar-refractivity contribution in [3.63, 3.8) is 0 Å². The second kappa shape index (κ2) is 3.38. The Morgan fingerprint density at radius 3 is 2.50 bits per heavy atom. The van der Waals surface area contributed by atoms with E-state index in [4.69, 9.17) is 4.74 Å². The van der Waals surface area contributed by atoms with E-state index in [1.165, 1.54) is 6.42 Å². The summed E-state index contributed by atoms with van der Waals surface area (Å²) in [5, 5.41) is 0. The van der Waals surface area contributed by atoms with Crippen molar-refractivity contribution < 1.29 is 4.74 Å². The van der Waals surface area contributed by atoms with E-state index in [-0.39, 0.29) is 0 Å². The molecule has 1 fully saturated rings. The van der Waals surface area contributed by atoms with Crippen molar-refractivity contribution in [1.29, 1.82) is 0 Å². The highest BCUT2D eigenvalue weighted by Gasteiger charge is 2.23. The molecular weight excluding hydrogens is 124 g/mol. The number of rotatable bonds is 1. The highest BCUT2D eigenvalue weighted by atomic mass is 16.5. The predicted molar refractivity (Wildman–Crippen MR) is 42.9 cm³/mol. The van der Waals surface area contributed by atoms with Crippen LogP contribution >= 0.6 is 0 Å². The van der Waals surface area contributed by atoms with Crippen LogP contribution in [0.2, 0.25) is 0 Å². The summed E-state index contributed by atoms with van der Waals surface area (Å²) in [6.07, 6.45) is 1.26. The van der Waals surface area contributed by atoms with Crippen LogP contribution in [0.15, 0.2) is 0 Å². The summed E-state index contributed by atoms with van der Waals surface area (Å²) in [7, 11) is 0. The van der Waals surface area contributed by atoms with Gasteiger partial charge in [0.05, 0.1) is 0 Å². The molecule has 0 N–H and O–H groups in total. The molecule has 0 saturated carbocycles. The zero-order valence-corrected chi connectivity index (χ0v) is 7.26. The Kier molecular flexibility index (Phi) is 2.72. The van der Waals surface area contributed by atoms with Crippen molar-refractivity contribution in [3.8, 4) is 0 Å². The first-order valence-corrected chi connectivity index (χ1v) is 4.29. The van der Waals surface area contributed by atoms with Crippen LogP contribution in [0.1, 0.15) is 27.2 Å². The maximum Gasteiger partial charge on any atom is 0.0494 e. The maximum absolute atomic E-state index is 5.36. The standard InChI is InChI=1S/C9H18O/c1-7(2)9-4-5-10-6-8(9)3/h7-9H,4-6H2,1-3H3/t8?,9-/m0/s1. The molecule has 0 aliphatic carbocycles. The number of ether oxygens (including phenoxy) is 1. The van der Waals surface area contributed by atoms with Crippen molar-refractivity contribution in [2.45, 2.75) is 27.2 Å². The minimum absolute atomic E-state index is 0.772. The summed E-state index contributed by atoms with van der Waals surface area (Å²) >= 11 is 0. The summed E-state index contributed by atoms with van der Waals surface area (Å²) in [5.41, 5.74) is 0. The lowest BCUT2D eigenvalue weighted by Crippen LogP contribution is -2.28. The Bertz CT molecular complexity index is 98.9. The molecule has 1 saturated heterocycles. The number of hydrogen-bond acceptors (Lipinski definition) is 1. The molecule has 2 atom stereocenters. The van der Waals surface area contributed by atoms with Crippen LogP contribution < -0.4 is 0 Å². The minimum Gasteiger partial charge on any atom is -0.381 e. The summed E-state index contributed by atoms with van der Waals surface area (Å²) < 4.78 is 5.36. The monoisotopic (exact) mass is 142 g/mol. The van der Waals surface area contributed by atoms with Gasteiger partial charge >= 0.3 is 0 Å². The molecule has 0 radical (unpaired) electrons. The molecule has 60 valence electrons.